The van der Waals surface area contributed by atoms with Crippen LogP contribution in [0.25, 0.3) is 0 Å². The van der Waals surface area contributed by atoms with E-state index < -0.39 is 0 Å². The van der Waals surface area contributed by atoms with Crippen molar-refractivity contribution in [2.75, 3.05) is 19.7 Å². The average Bonchev–Trinajstić information content (AvgIpc) is 3.59. The van der Waals surface area contributed by atoms with Gasteiger partial charge in [0.05, 0.1) is 18.8 Å². The monoisotopic (exact) mass is 534 g/mol. The van der Waals surface area contributed by atoms with Crippen LogP contribution < -0.4 is 4.74 Å². The number of benzene rings is 2. The molecule has 0 fully saturated rings. The number of rotatable bonds is 8. The number of nitrogens with zero attached hydrogens (tertiary/aromatic N) is 2. The molecule has 37 heavy (non-hydrogen) atoms. The summed E-state index contributed by atoms with van der Waals surface area (Å²) >= 11 is 7.84. The summed E-state index contributed by atoms with van der Waals surface area (Å²) in [4.78, 5) is 31.8. The maximum atomic E-state index is 13.8. The van der Waals surface area contributed by atoms with E-state index in [0.717, 1.165) is 23.3 Å². The first kappa shape index (κ1) is 25.1. The quantitative estimate of drug-likeness (QED) is 0.272. The number of fused-ring (bicyclic) bond motifs is 1. The van der Waals surface area contributed by atoms with Gasteiger partial charge in [0.25, 0.3) is 5.91 Å². The fourth-order valence-electron chi connectivity index (χ4n) is 4.53. The van der Waals surface area contributed by atoms with Gasteiger partial charge in [-0.25, -0.2) is 0 Å². The molecule has 4 aromatic rings. The van der Waals surface area contributed by atoms with Gasteiger partial charge >= 0.3 is 0 Å². The second-order valence-corrected chi connectivity index (χ2v) is 10.5. The highest BCUT2D eigenvalue weighted by molar-refractivity contribution is 7.10. The van der Waals surface area contributed by atoms with Gasteiger partial charge in [0.2, 0.25) is 5.91 Å². The molecule has 1 aliphatic rings. The number of halogens is 1. The number of carbonyl (C=O) groups excluding carboxylic acids is 2. The lowest BCUT2D eigenvalue weighted by Crippen LogP contribution is -2.47. The normalized spacial score (nSPS) is 14.8. The number of carbonyl (C=O) groups is 2. The topological polar surface area (TPSA) is 63.0 Å². The molecule has 1 aliphatic heterocycles. The van der Waals surface area contributed by atoms with Gasteiger partial charge in [0.15, 0.2) is 0 Å². The Hall–Kier alpha value is -3.55. The van der Waals surface area contributed by atoms with Crippen LogP contribution in [0.1, 0.15) is 38.2 Å². The summed E-state index contributed by atoms with van der Waals surface area (Å²) in [7, 11) is 0. The molecule has 0 saturated carbocycles. The minimum absolute atomic E-state index is 0.0907. The van der Waals surface area contributed by atoms with Gasteiger partial charge < -0.3 is 19.0 Å². The SMILES string of the molecule is Cc1ccc(OC[C@H]2c3ccsc3CCN2C(=O)CN(Cc2ccco2)C(=O)c2cccc(Cl)c2)cc1. The maximum absolute atomic E-state index is 13.8. The highest BCUT2D eigenvalue weighted by Gasteiger charge is 2.34. The van der Waals surface area contributed by atoms with Gasteiger partial charge in [-0.1, -0.05) is 35.4 Å². The molecule has 3 heterocycles. The Balaban J connectivity index is 1.37. The summed E-state index contributed by atoms with van der Waals surface area (Å²) in [6, 6.07) is 20.0. The largest absolute Gasteiger partial charge is 0.491 e. The number of hydrogen-bond donors (Lipinski definition) is 0. The van der Waals surface area contributed by atoms with Crippen LogP contribution in [0.15, 0.2) is 82.8 Å². The van der Waals surface area contributed by atoms with E-state index in [4.69, 9.17) is 20.8 Å². The van der Waals surface area contributed by atoms with Crippen LogP contribution in [0.4, 0.5) is 0 Å². The number of thiophene rings is 1. The van der Waals surface area contributed by atoms with Crippen LogP contribution >= 0.6 is 22.9 Å². The predicted molar refractivity (Wildman–Crippen MR) is 144 cm³/mol. The lowest BCUT2D eigenvalue weighted by molar-refractivity contribution is -0.135. The lowest BCUT2D eigenvalue weighted by atomic mass is 10.0. The summed E-state index contributed by atoms with van der Waals surface area (Å²) in [5, 5.41) is 2.52. The zero-order chi connectivity index (χ0) is 25.8. The number of amides is 2. The summed E-state index contributed by atoms with van der Waals surface area (Å²) in [6.45, 7) is 3.01. The number of furan rings is 1. The van der Waals surface area contributed by atoms with Crippen molar-refractivity contribution in [2.24, 2.45) is 0 Å². The predicted octanol–water partition coefficient (Wildman–Crippen LogP) is 6.15. The third-order valence-electron chi connectivity index (χ3n) is 6.46. The van der Waals surface area contributed by atoms with Gasteiger partial charge in [-0.3, -0.25) is 9.59 Å². The maximum Gasteiger partial charge on any atom is 0.254 e. The van der Waals surface area contributed by atoms with E-state index in [1.54, 1.807) is 54.0 Å². The smallest absolute Gasteiger partial charge is 0.254 e. The van der Waals surface area contributed by atoms with E-state index >= 15 is 0 Å². The van der Waals surface area contributed by atoms with Crippen molar-refractivity contribution in [1.29, 1.82) is 0 Å². The van der Waals surface area contributed by atoms with Crippen molar-refractivity contribution in [3.8, 4) is 5.75 Å². The van der Waals surface area contributed by atoms with Crippen molar-refractivity contribution < 1.29 is 18.7 Å². The molecule has 0 bridgehead atoms. The molecule has 0 N–H and O–H groups in total. The Bertz CT molecular complexity index is 1370. The molecular formula is C29H27ClN2O4S. The van der Waals surface area contributed by atoms with Gasteiger partial charge in [-0.05, 0) is 72.8 Å². The third-order valence-corrected chi connectivity index (χ3v) is 7.69. The first-order valence-corrected chi connectivity index (χ1v) is 13.4. The second kappa shape index (κ2) is 11.2. The summed E-state index contributed by atoms with van der Waals surface area (Å²) < 4.78 is 11.6. The molecule has 2 amide bonds. The zero-order valence-electron chi connectivity index (χ0n) is 20.4. The second-order valence-electron chi connectivity index (χ2n) is 9.03. The molecule has 0 aliphatic carbocycles. The van der Waals surface area contributed by atoms with Gasteiger partial charge in [-0.15, -0.1) is 11.3 Å². The van der Waals surface area contributed by atoms with E-state index in [9.17, 15) is 9.59 Å². The Morgan fingerprint density at radius 3 is 2.73 bits per heavy atom. The van der Waals surface area contributed by atoms with Gasteiger partial charge in [-0.2, -0.15) is 0 Å². The van der Waals surface area contributed by atoms with E-state index in [2.05, 4.69) is 11.4 Å². The van der Waals surface area contributed by atoms with Gasteiger partial charge in [0.1, 0.15) is 24.7 Å². The molecule has 2 aromatic heterocycles. The minimum atomic E-state index is -0.284. The first-order chi connectivity index (χ1) is 18.0. The Labute approximate surface area is 225 Å². The van der Waals surface area contributed by atoms with Crippen LogP contribution in [0, 0.1) is 6.92 Å². The standard InChI is InChI=1S/C29H27ClN2O4S/c1-20-7-9-23(10-8-20)36-19-26-25-12-15-37-27(25)11-13-32(26)28(33)18-31(17-24-6-3-14-35-24)29(34)21-4-2-5-22(30)16-21/h2-10,12,14-16,26H,11,13,17-19H2,1H3/t26-/m0/s1. The summed E-state index contributed by atoms with van der Waals surface area (Å²) in [6.07, 6.45) is 2.33. The van der Waals surface area contributed by atoms with Crippen LogP contribution in [-0.4, -0.2) is 41.3 Å². The molecule has 5 rings (SSSR count). The first-order valence-electron chi connectivity index (χ1n) is 12.1. The van der Waals surface area contributed by atoms with Gasteiger partial charge in [0, 0.05) is 22.0 Å². The third kappa shape index (κ3) is 5.89. The fraction of sp³-hybridized carbons (Fsp3) is 0.241. The molecular weight excluding hydrogens is 508 g/mol. The Morgan fingerprint density at radius 2 is 1.97 bits per heavy atom. The molecule has 190 valence electrons. The van der Waals surface area contributed by atoms with E-state index in [-0.39, 0.29) is 30.9 Å². The fourth-order valence-corrected chi connectivity index (χ4v) is 5.65. The highest BCUT2D eigenvalue weighted by atomic mass is 35.5. The van der Waals surface area contributed by atoms with E-state index in [1.165, 1.54) is 9.78 Å². The Kier molecular flexibility index (Phi) is 7.63. The van der Waals surface area contributed by atoms with Crippen LogP contribution in [-0.2, 0) is 17.8 Å². The summed E-state index contributed by atoms with van der Waals surface area (Å²) in [5.74, 6) is 0.932. The zero-order valence-corrected chi connectivity index (χ0v) is 22.0. The van der Waals surface area contributed by atoms with E-state index in [1.807, 2.05) is 36.1 Å². The number of ether oxygens (including phenoxy) is 1. The van der Waals surface area contributed by atoms with Crippen molar-refractivity contribution >= 4 is 34.8 Å². The van der Waals surface area contributed by atoms with Crippen LogP contribution in [0.5, 0.6) is 5.75 Å². The molecule has 2 aromatic carbocycles. The van der Waals surface area contributed by atoms with Crippen LogP contribution in [0.3, 0.4) is 0 Å². The van der Waals surface area contributed by atoms with E-state index in [0.29, 0.717) is 29.5 Å². The molecule has 0 radical (unpaired) electrons. The average molecular weight is 535 g/mol. The lowest BCUT2D eigenvalue weighted by Gasteiger charge is -2.37. The number of hydrogen-bond acceptors (Lipinski definition) is 5. The molecule has 8 heteroatoms. The Morgan fingerprint density at radius 1 is 1.14 bits per heavy atom. The minimum Gasteiger partial charge on any atom is -0.491 e. The molecule has 6 nitrogen and oxygen atoms in total. The van der Waals surface area contributed by atoms with Crippen molar-refractivity contribution in [2.45, 2.75) is 25.9 Å². The molecule has 0 spiro atoms. The molecule has 0 saturated heterocycles. The number of aryl methyl sites for hydroxylation is 1. The highest BCUT2D eigenvalue weighted by Crippen LogP contribution is 2.34. The summed E-state index contributed by atoms with van der Waals surface area (Å²) in [5.41, 5.74) is 2.68. The van der Waals surface area contributed by atoms with Crippen molar-refractivity contribution in [3.05, 3.63) is 111 Å². The molecule has 1 atom stereocenters. The van der Waals surface area contributed by atoms with Crippen LogP contribution in [0.2, 0.25) is 5.02 Å². The van der Waals surface area contributed by atoms with Crippen molar-refractivity contribution in [3.63, 3.8) is 0 Å². The molecule has 0 unspecified atom stereocenters. The van der Waals surface area contributed by atoms with Crippen molar-refractivity contribution in [1.82, 2.24) is 9.80 Å².